The fourth-order valence-corrected chi connectivity index (χ4v) is 3.09. The van der Waals surface area contributed by atoms with Crippen LogP contribution in [0.4, 0.5) is 5.69 Å². The second-order valence-electron chi connectivity index (χ2n) is 5.97. The number of amides is 1. The van der Waals surface area contributed by atoms with Gasteiger partial charge in [-0.05, 0) is 49.2 Å². The summed E-state index contributed by atoms with van der Waals surface area (Å²) in [7, 11) is 1.82. The molecule has 2 aromatic carbocycles. The zero-order chi connectivity index (χ0) is 15.7. The van der Waals surface area contributed by atoms with Crippen molar-refractivity contribution in [1.82, 2.24) is 0 Å². The summed E-state index contributed by atoms with van der Waals surface area (Å²) in [6.07, 6.45) is 0.697. The SMILES string of the molecule is CN(C(=O)C1(C)COc2ccccc2C1)c1ccc(Br)cc1. The van der Waals surface area contributed by atoms with Crippen LogP contribution in [-0.2, 0) is 11.2 Å². The van der Waals surface area contributed by atoms with Crippen molar-refractivity contribution < 1.29 is 9.53 Å². The smallest absolute Gasteiger partial charge is 0.236 e. The average Bonchev–Trinajstić information content (AvgIpc) is 2.54. The number of para-hydroxylation sites is 1. The number of hydrogen-bond acceptors (Lipinski definition) is 2. The number of carbonyl (C=O) groups excluding carboxylic acids is 1. The predicted octanol–water partition coefficient (Wildman–Crippen LogP) is 4.05. The quantitative estimate of drug-likeness (QED) is 0.809. The van der Waals surface area contributed by atoms with Crippen LogP contribution in [0.1, 0.15) is 12.5 Å². The lowest BCUT2D eigenvalue weighted by Gasteiger charge is -2.36. The second-order valence-corrected chi connectivity index (χ2v) is 6.89. The standard InChI is InChI=1S/C18H18BrNO2/c1-18(11-13-5-3-4-6-16(13)22-12-18)17(21)20(2)15-9-7-14(19)8-10-15/h3-10H,11-12H2,1-2H3. The van der Waals surface area contributed by atoms with E-state index in [-0.39, 0.29) is 5.91 Å². The summed E-state index contributed by atoms with van der Waals surface area (Å²) in [5.74, 6) is 0.961. The number of benzene rings is 2. The second kappa shape index (κ2) is 5.76. The highest BCUT2D eigenvalue weighted by Crippen LogP contribution is 2.36. The average molecular weight is 360 g/mol. The number of nitrogens with zero attached hydrogens (tertiary/aromatic N) is 1. The minimum atomic E-state index is -0.545. The third-order valence-electron chi connectivity index (χ3n) is 4.13. The van der Waals surface area contributed by atoms with Gasteiger partial charge in [0, 0.05) is 17.2 Å². The molecule has 22 heavy (non-hydrogen) atoms. The van der Waals surface area contributed by atoms with Crippen molar-refractivity contribution in [2.45, 2.75) is 13.3 Å². The minimum Gasteiger partial charge on any atom is -0.492 e. The fraction of sp³-hybridized carbons (Fsp3) is 0.278. The monoisotopic (exact) mass is 359 g/mol. The first-order chi connectivity index (χ1) is 10.5. The van der Waals surface area contributed by atoms with Gasteiger partial charge in [0.05, 0.1) is 5.41 Å². The summed E-state index contributed by atoms with van der Waals surface area (Å²) in [4.78, 5) is 14.7. The van der Waals surface area contributed by atoms with E-state index in [1.807, 2.05) is 62.5 Å². The maximum atomic E-state index is 12.9. The summed E-state index contributed by atoms with van der Waals surface area (Å²) in [6.45, 7) is 2.38. The van der Waals surface area contributed by atoms with Crippen LogP contribution in [0.25, 0.3) is 0 Å². The van der Waals surface area contributed by atoms with Crippen LogP contribution < -0.4 is 9.64 Å². The highest BCUT2D eigenvalue weighted by Gasteiger charge is 2.40. The van der Waals surface area contributed by atoms with Gasteiger partial charge < -0.3 is 9.64 Å². The molecule has 0 fully saturated rings. The number of anilines is 1. The lowest BCUT2D eigenvalue weighted by Crippen LogP contribution is -2.47. The Balaban J connectivity index is 1.84. The van der Waals surface area contributed by atoms with Gasteiger partial charge in [-0.25, -0.2) is 0 Å². The Morgan fingerprint density at radius 2 is 1.86 bits per heavy atom. The van der Waals surface area contributed by atoms with E-state index in [0.29, 0.717) is 13.0 Å². The molecule has 0 radical (unpaired) electrons. The Morgan fingerprint density at radius 1 is 1.18 bits per heavy atom. The molecular weight excluding hydrogens is 342 g/mol. The van der Waals surface area contributed by atoms with Gasteiger partial charge >= 0.3 is 0 Å². The van der Waals surface area contributed by atoms with E-state index in [4.69, 9.17) is 4.74 Å². The number of ether oxygens (including phenoxy) is 1. The molecule has 1 amide bonds. The van der Waals surface area contributed by atoms with E-state index in [9.17, 15) is 4.79 Å². The van der Waals surface area contributed by atoms with Crippen LogP contribution in [-0.4, -0.2) is 19.6 Å². The number of fused-ring (bicyclic) bond motifs is 1. The van der Waals surface area contributed by atoms with E-state index in [1.54, 1.807) is 4.90 Å². The van der Waals surface area contributed by atoms with E-state index >= 15 is 0 Å². The predicted molar refractivity (Wildman–Crippen MR) is 91.3 cm³/mol. The number of hydrogen-bond donors (Lipinski definition) is 0. The molecule has 1 atom stereocenters. The van der Waals surface area contributed by atoms with Gasteiger partial charge in [-0.2, -0.15) is 0 Å². The molecule has 0 aromatic heterocycles. The van der Waals surface area contributed by atoms with E-state index in [1.165, 1.54) is 0 Å². The topological polar surface area (TPSA) is 29.5 Å². The Hall–Kier alpha value is -1.81. The van der Waals surface area contributed by atoms with Crippen molar-refractivity contribution in [3.8, 4) is 5.75 Å². The number of carbonyl (C=O) groups is 1. The number of halogens is 1. The summed E-state index contributed by atoms with van der Waals surface area (Å²) < 4.78 is 6.81. The summed E-state index contributed by atoms with van der Waals surface area (Å²) in [5, 5.41) is 0. The molecule has 3 rings (SSSR count). The highest BCUT2D eigenvalue weighted by molar-refractivity contribution is 9.10. The van der Waals surface area contributed by atoms with Crippen LogP contribution >= 0.6 is 15.9 Å². The summed E-state index contributed by atoms with van der Waals surface area (Å²) in [6, 6.07) is 15.7. The van der Waals surface area contributed by atoms with Crippen molar-refractivity contribution in [3.63, 3.8) is 0 Å². The Kier molecular flexibility index (Phi) is 3.96. The molecule has 1 aliphatic heterocycles. The van der Waals surface area contributed by atoms with Gasteiger partial charge in [-0.15, -0.1) is 0 Å². The molecule has 0 spiro atoms. The Morgan fingerprint density at radius 3 is 2.59 bits per heavy atom. The number of rotatable bonds is 2. The van der Waals surface area contributed by atoms with E-state index < -0.39 is 5.41 Å². The maximum absolute atomic E-state index is 12.9. The largest absolute Gasteiger partial charge is 0.492 e. The molecule has 0 N–H and O–H groups in total. The zero-order valence-corrected chi connectivity index (χ0v) is 14.3. The first-order valence-corrected chi connectivity index (χ1v) is 8.03. The van der Waals surface area contributed by atoms with Gasteiger partial charge in [-0.1, -0.05) is 34.1 Å². The molecule has 0 saturated carbocycles. The van der Waals surface area contributed by atoms with Crippen molar-refractivity contribution in [3.05, 3.63) is 58.6 Å². The van der Waals surface area contributed by atoms with Gasteiger partial charge in [0.15, 0.2) is 0 Å². The van der Waals surface area contributed by atoms with Crippen molar-refractivity contribution in [2.24, 2.45) is 5.41 Å². The maximum Gasteiger partial charge on any atom is 0.236 e. The van der Waals surface area contributed by atoms with Crippen molar-refractivity contribution >= 4 is 27.5 Å². The normalized spacial score (nSPS) is 20.0. The summed E-state index contributed by atoms with van der Waals surface area (Å²) in [5.41, 5.74) is 1.43. The van der Waals surface area contributed by atoms with Crippen LogP contribution in [0.15, 0.2) is 53.0 Å². The van der Waals surface area contributed by atoms with Crippen molar-refractivity contribution in [1.29, 1.82) is 0 Å². The molecule has 4 heteroatoms. The lowest BCUT2D eigenvalue weighted by molar-refractivity contribution is -0.129. The van der Waals surface area contributed by atoms with Crippen LogP contribution in [0.5, 0.6) is 5.75 Å². The highest BCUT2D eigenvalue weighted by atomic mass is 79.9. The Labute approximate surface area is 139 Å². The molecule has 0 bridgehead atoms. The van der Waals surface area contributed by atoms with E-state index in [0.717, 1.165) is 21.5 Å². The molecule has 1 unspecified atom stereocenters. The lowest BCUT2D eigenvalue weighted by atomic mass is 9.81. The molecule has 0 aliphatic carbocycles. The first kappa shape index (κ1) is 15.1. The van der Waals surface area contributed by atoms with Crippen LogP contribution in [0.2, 0.25) is 0 Å². The molecule has 0 saturated heterocycles. The molecule has 2 aromatic rings. The third-order valence-corrected chi connectivity index (χ3v) is 4.66. The van der Waals surface area contributed by atoms with Gasteiger partial charge in [-0.3, -0.25) is 4.79 Å². The van der Waals surface area contributed by atoms with E-state index in [2.05, 4.69) is 15.9 Å². The molecule has 1 heterocycles. The fourth-order valence-electron chi connectivity index (χ4n) is 2.82. The third kappa shape index (κ3) is 2.75. The van der Waals surface area contributed by atoms with Crippen LogP contribution in [0, 0.1) is 5.41 Å². The van der Waals surface area contributed by atoms with Crippen LogP contribution in [0.3, 0.4) is 0 Å². The van der Waals surface area contributed by atoms with Gasteiger partial charge in [0.2, 0.25) is 5.91 Å². The van der Waals surface area contributed by atoms with Gasteiger partial charge in [0.1, 0.15) is 12.4 Å². The molecule has 114 valence electrons. The molecule has 3 nitrogen and oxygen atoms in total. The first-order valence-electron chi connectivity index (χ1n) is 7.24. The molecular formula is C18H18BrNO2. The van der Waals surface area contributed by atoms with Crippen molar-refractivity contribution in [2.75, 3.05) is 18.6 Å². The van der Waals surface area contributed by atoms with Gasteiger partial charge in [0.25, 0.3) is 0 Å². The summed E-state index contributed by atoms with van der Waals surface area (Å²) >= 11 is 3.41. The minimum absolute atomic E-state index is 0.0734. The zero-order valence-electron chi connectivity index (χ0n) is 12.7. The molecule has 1 aliphatic rings. The Bertz CT molecular complexity index is 698.